The van der Waals surface area contributed by atoms with Crippen molar-refractivity contribution < 1.29 is 0 Å². The van der Waals surface area contributed by atoms with Crippen LogP contribution in [-0.2, 0) is 12.8 Å². The van der Waals surface area contributed by atoms with Crippen LogP contribution in [0.4, 0.5) is 0 Å². The van der Waals surface area contributed by atoms with Crippen LogP contribution in [0.15, 0.2) is 29.8 Å². The summed E-state index contributed by atoms with van der Waals surface area (Å²) < 4.78 is 0. The Bertz CT molecular complexity index is 487. The summed E-state index contributed by atoms with van der Waals surface area (Å²) in [6.45, 7) is 4.33. The highest BCUT2D eigenvalue weighted by Gasteiger charge is 2.14. The normalized spacial score (nSPS) is 12.6. The first-order chi connectivity index (χ1) is 8.74. The van der Waals surface area contributed by atoms with Crippen molar-refractivity contribution in [1.82, 2.24) is 10.3 Å². The second-order valence-corrected chi connectivity index (χ2v) is 5.47. The second kappa shape index (κ2) is 6.12. The van der Waals surface area contributed by atoms with Crippen molar-refractivity contribution in [2.45, 2.75) is 32.7 Å². The van der Waals surface area contributed by atoms with Crippen LogP contribution in [0.1, 0.15) is 34.7 Å². The number of rotatable bonds is 5. The Labute approximate surface area is 113 Å². The Balaban J connectivity index is 2.13. The third-order valence-electron chi connectivity index (χ3n) is 3.27. The minimum Gasteiger partial charge on any atom is -0.312 e. The van der Waals surface area contributed by atoms with Crippen LogP contribution in [-0.4, -0.2) is 12.0 Å². The van der Waals surface area contributed by atoms with E-state index >= 15 is 0 Å². The van der Waals surface area contributed by atoms with Crippen LogP contribution in [0, 0.1) is 6.92 Å². The molecule has 96 valence electrons. The van der Waals surface area contributed by atoms with E-state index in [4.69, 9.17) is 0 Å². The Kier molecular flexibility index (Phi) is 4.50. The highest BCUT2D eigenvalue weighted by molar-refractivity contribution is 7.10. The highest BCUT2D eigenvalue weighted by Crippen LogP contribution is 2.26. The molecule has 0 amide bonds. The average molecular weight is 260 g/mol. The van der Waals surface area contributed by atoms with Gasteiger partial charge in [0.25, 0.3) is 0 Å². The van der Waals surface area contributed by atoms with Crippen molar-refractivity contribution in [1.29, 1.82) is 0 Å². The summed E-state index contributed by atoms with van der Waals surface area (Å²) in [6.07, 6.45) is 3.98. The van der Waals surface area contributed by atoms with Gasteiger partial charge in [0.1, 0.15) is 0 Å². The molecule has 1 atom stereocenters. The Morgan fingerprint density at radius 3 is 2.67 bits per heavy atom. The van der Waals surface area contributed by atoms with Crippen molar-refractivity contribution in [3.8, 4) is 0 Å². The molecule has 1 unspecified atom stereocenters. The third-order valence-corrected chi connectivity index (χ3v) is 4.41. The molecule has 0 aliphatic heterocycles. The average Bonchev–Trinajstić information content (AvgIpc) is 2.83. The molecule has 0 radical (unpaired) electrons. The van der Waals surface area contributed by atoms with Gasteiger partial charge in [-0.1, -0.05) is 13.0 Å². The standard InChI is InChI=1S/C15H20N2S/c1-4-12-5-6-13(17-10-12)9-14(16-3)15-11(2)7-8-18-15/h5-8,10,14,16H,4,9H2,1-3H3. The van der Waals surface area contributed by atoms with E-state index in [-0.39, 0.29) is 0 Å². The molecule has 2 heterocycles. The van der Waals surface area contributed by atoms with E-state index in [1.54, 1.807) is 0 Å². The summed E-state index contributed by atoms with van der Waals surface area (Å²) >= 11 is 1.82. The second-order valence-electron chi connectivity index (χ2n) is 4.52. The molecule has 1 N–H and O–H groups in total. The van der Waals surface area contributed by atoms with Crippen molar-refractivity contribution in [2.75, 3.05) is 7.05 Å². The summed E-state index contributed by atoms with van der Waals surface area (Å²) in [5.74, 6) is 0. The number of likely N-dealkylation sites (N-methyl/N-ethyl adjacent to an activating group) is 1. The van der Waals surface area contributed by atoms with E-state index in [9.17, 15) is 0 Å². The van der Waals surface area contributed by atoms with Gasteiger partial charge in [0.05, 0.1) is 0 Å². The van der Waals surface area contributed by atoms with Crippen molar-refractivity contribution >= 4 is 11.3 Å². The molecule has 18 heavy (non-hydrogen) atoms. The predicted molar refractivity (Wildman–Crippen MR) is 78.2 cm³/mol. The summed E-state index contributed by atoms with van der Waals surface area (Å²) in [7, 11) is 2.02. The molecule has 0 aliphatic carbocycles. The van der Waals surface area contributed by atoms with Gasteiger partial charge in [-0.3, -0.25) is 4.98 Å². The summed E-state index contributed by atoms with van der Waals surface area (Å²) in [4.78, 5) is 5.96. The molecule has 0 saturated carbocycles. The molecule has 2 rings (SSSR count). The highest BCUT2D eigenvalue weighted by atomic mass is 32.1. The molecule has 0 fully saturated rings. The smallest absolute Gasteiger partial charge is 0.0471 e. The number of aromatic nitrogens is 1. The van der Waals surface area contributed by atoms with E-state index in [2.05, 4.69) is 47.7 Å². The van der Waals surface area contributed by atoms with Crippen LogP contribution in [0.25, 0.3) is 0 Å². The number of nitrogens with zero attached hydrogens (tertiary/aromatic N) is 1. The van der Waals surface area contributed by atoms with Gasteiger partial charge in [-0.05, 0) is 49.0 Å². The van der Waals surface area contributed by atoms with Gasteiger partial charge in [0.2, 0.25) is 0 Å². The molecule has 2 nitrogen and oxygen atoms in total. The monoisotopic (exact) mass is 260 g/mol. The van der Waals surface area contributed by atoms with E-state index in [0.29, 0.717) is 6.04 Å². The van der Waals surface area contributed by atoms with Gasteiger partial charge in [-0.2, -0.15) is 0 Å². The summed E-state index contributed by atoms with van der Waals surface area (Å²) in [5, 5.41) is 5.55. The molecule has 0 aliphatic rings. The molecule has 2 aromatic heterocycles. The zero-order valence-corrected chi connectivity index (χ0v) is 12.1. The minimum absolute atomic E-state index is 0.366. The number of hydrogen-bond acceptors (Lipinski definition) is 3. The van der Waals surface area contributed by atoms with E-state index in [1.807, 2.05) is 24.6 Å². The van der Waals surface area contributed by atoms with E-state index < -0.39 is 0 Å². The number of nitrogens with one attached hydrogen (secondary N) is 1. The number of pyridine rings is 1. The molecular formula is C15H20N2S. The zero-order valence-electron chi connectivity index (χ0n) is 11.2. The van der Waals surface area contributed by atoms with Crippen LogP contribution >= 0.6 is 11.3 Å². The number of hydrogen-bond donors (Lipinski definition) is 1. The maximum absolute atomic E-state index is 4.54. The van der Waals surface area contributed by atoms with Crippen molar-refractivity contribution in [3.05, 3.63) is 51.5 Å². The zero-order chi connectivity index (χ0) is 13.0. The quantitative estimate of drug-likeness (QED) is 0.889. The first kappa shape index (κ1) is 13.2. The lowest BCUT2D eigenvalue weighted by molar-refractivity contribution is 0.591. The number of aryl methyl sites for hydroxylation is 2. The Morgan fingerprint density at radius 2 is 2.17 bits per heavy atom. The molecule has 0 spiro atoms. The number of thiophene rings is 1. The topological polar surface area (TPSA) is 24.9 Å². The fourth-order valence-corrected chi connectivity index (χ4v) is 3.10. The minimum atomic E-state index is 0.366. The summed E-state index contributed by atoms with van der Waals surface area (Å²) in [6, 6.07) is 6.87. The molecular weight excluding hydrogens is 240 g/mol. The van der Waals surface area contributed by atoms with Gasteiger partial charge in [-0.25, -0.2) is 0 Å². The Morgan fingerprint density at radius 1 is 1.33 bits per heavy atom. The van der Waals surface area contributed by atoms with Crippen molar-refractivity contribution in [3.63, 3.8) is 0 Å². The van der Waals surface area contributed by atoms with Gasteiger partial charge in [-0.15, -0.1) is 11.3 Å². The Hall–Kier alpha value is -1.19. The fourth-order valence-electron chi connectivity index (χ4n) is 2.06. The van der Waals surface area contributed by atoms with Crippen LogP contribution in [0.5, 0.6) is 0 Å². The third kappa shape index (κ3) is 2.98. The first-order valence-electron chi connectivity index (χ1n) is 6.39. The summed E-state index contributed by atoms with van der Waals surface area (Å²) in [5.41, 5.74) is 3.82. The largest absolute Gasteiger partial charge is 0.312 e. The van der Waals surface area contributed by atoms with Crippen LogP contribution < -0.4 is 5.32 Å². The lowest BCUT2D eigenvalue weighted by atomic mass is 10.1. The SMILES string of the molecule is CCc1ccc(CC(NC)c2sccc2C)nc1. The lowest BCUT2D eigenvalue weighted by Crippen LogP contribution is -2.19. The van der Waals surface area contributed by atoms with Gasteiger partial charge in [0, 0.05) is 29.2 Å². The first-order valence-corrected chi connectivity index (χ1v) is 7.27. The molecule has 0 bridgehead atoms. The van der Waals surface area contributed by atoms with Gasteiger partial charge < -0.3 is 5.32 Å². The van der Waals surface area contributed by atoms with Crippen LogP contribution in [0.3, 0.4) is 0 Å². The van der Waals surface area contributed by atoms with E-state index in [0.717, 1.165) is 18.5 Å². The maximum Gasteiger partial charge on any atom is 0.0471 e. The van der Waals surface area contributed by atoms with Crippen LogP contribution in [0.2, 0.25) is 0 Å². The molecule has 0 aromatic carbocycles. The predicted octanol–water partition coefficient (Wildman–Crippen LogP) is 3.52. The fraction of sp³-hybridized carbons (Fsp3) is 0.400. The molecule has 3 heteroatoms. The molecule has 2 aromatic rings. The maximum atomic E-state index is 4.54. The van der Waals surface area contributed by atoms with Gasteiger partial charge >= 0.3 is 0 Å². The van der Waals surface area contributed by atoms with Gasteiger partial charge in [0.15, 0.2) is 0 Å². The lowest BCUT2D eigenvalue weighted by Gasteiger charge is -2.15. The van der Waals surface area contributed by atoms with E-state index in [1.165, 1.54) is 16.0 Å². The molecule has 0 saturated heterocycles. The van der Waals surface area contributed by atoms with Crippen molar-refractivity contribution in [2.24, 2.45) is 0 Å².